The Hall–Kier alpha value is -3.11. The van der Waals surface area contributed by atoms with Gasteiger partial charge >= 0.3 is 5.97 Å². The molecule has 16 heteroatoms. The number of hydrogen-bond donors (Lipinski definition) is 4. The Labute approximate surface area is 199 Å². The van der Waals surface area contributed by atoms with Crippen LogP contribution in [0.3, 0.4) is 0 Å². The van der Waals surface area contributed by atoms with E-state index in [9.17, 15) is 19.5 Å². The first-order valence-corrected chi connectivity index (χ1v) is 12.4. The zero-order chi connectivity index (χ0) is 23.5. The molecule has 2 atom stereocenters. The third kappa shape index (κ3) is 4.67. The van der Waals surface area contributed by atoms with E-state index in [1.807, 2.05) is 0 Å². The summed E-state index contributed by atoms with van der Waals surface area (Å²) in [6.07, 6.45) is 1.53. The SMILES string of the molecule is CCO/N=C(\C(=O)NC1C(=O)N2C(C(=O)O)=C(CSc3cnn[nH]3)CS[C@H]12)c1csc(N)n1. The van der Waals surface area contributed by atoms with Crippen LogP contribution < -0.4 is 11.1 Å². The first-order chi connectivity index (χ1) is 15.9. The number of nitrogens with zero attached hydrogens (tertiary/aromatic N) is 5. The number of carboxylic acids is 1. The van der Waals surface area contributed by atoms with Gasteiger partial charge in [0.1, 0.15) is 34.4 Å². The fourth-order valence-electron chi connectivity index (χ4n) is 3.16. The fourth-order valence-corrected chi connectivity index (χ4v) is 5.98. The van der Waals surface area contributed by atoms with E-state index in [0.29, 0.717) is 22.1 Å². The summed E-state index contributed by atoms with van der Waals surface area (Å²) < 4.78 is 0. The number of aromatic amines is 1. The molecular formula is C17H18N8O5S3. The second-order valence-electron chi connectivity index (χ2n) is 6.66. The van der Waals surface area contributed by atoms with Crippen LogP contribution in [-0.2, 0) is 19.2 Å². The number of carbonyl (C=O) groups is 3. The molecule has 2 aromatic rings. The second-order valence-corrected chi connectivity index (χ2v) is 9.67. The van der Waals surface area contributed by atoms with Crippen LogP contribution in [0.4, 0.5) is 5.13 Å². The Morgan fingerprint density at radius 2 is 2.33 bits per heavy atom. The van der Waals surface area contributed by atoms with Gasteiger partial charge in [-0.25, -0.2) is 9.78 Å². The topological polar surface area (TPSA) is 189 Å². The van der Waals surface area contributed by atoms with Crippen LogP contribution in [0.15, 0.2) is 33.0 Å². The molecule has 33 heavy (non-hydrogen) atoms. The van der Waals surface area contributed by atoms with Crippen LogP contribution in [0.5, 0.6) is 0 Å². The van der Waals surface area contributed by atoms with E-state index < -0.39 is 29.2 Å². The zero-order valence-electron chi connectivity index (χ0n) is 17.0. The van der Waals surface area contributed by atoms with Crippen molar-refractivity contribution in [2.75, 3.05) is 23.8 Å². The molecule has 1 unspecified atom stereocenters. The summed E-state index contributed by atoms with van der Waals surface area (Å²) >= 11 is 3.85. The summed E-state index contributed by atoms with van der Waals surface area (Å²) in [7, 11) is 0. The van der Waals surface area contributed by atoms with Gasteiger partial charge in [0.05, 0.1) is 6.20 Å². The number of carboxylic acid groups (broad SMARTS) is 1. The van der Waals surface area contributed by atoms with Crippen molar-refractivity contribution in [2.24, 2.45) is 5.16 Å². The highest BCUT2D eigenvalue weighted by Gasteiger charge is 2.54. The summed E-state index contributed by atoms with van der Waals surface area (Å²) in [5, 5.41) is 28.1. The summed E-state index contributed by atoms with van der Waals surface area (Å²) in [4.78, 5) is 48.0. The van der Waals surface area contributed by atoms with Crippen molar-refractivity contribution in [3.8, 4) is 0 Å². The summed E-state index contributed by atoms with van der Waals surface area (Å²) in [5.74, 6) is -1.64. The van der Waals surface area contributed by atoms with Gasteiger partial charge in [0.2, 0.25) is 0 Å². The van der Waals surface area contributed by atoms with Crippen molar-refractivity contribution in [2.45, 2.75) is 23.4 Å². The van der Waals surface area contributed by atoms with Gasteiger partial charge in [-0.05, 0) is 12.5 Å². The Kier molecular flexibility index (Phi) is 6.85. The molecule has 4 rings (SSSR count). The minimum Gasteiger partial charge on any atom is -0.477 e. The van der Waals surface area contributed by atoms with Crippen molar-refractivity contribution < 1.29 is 24.3 Å². The molecule has 0 bridgehead atoms. The molecule has 0 spiro atoms. The lowest BCUT2D eigenvalue weighted by Crippen LogP contribution is -2.71. The molecule has 4 heterocycles. The summed E-state index contributed by atoms with van der Waals surface area (Å²) in [5.41, 5.74) is 6.29. The first-order valence-electron chi connectivity index (χ1n) is 9.51. The smallest absolute Gasteiger partial charge is 0.352 e. The number of thioether (sulfide) groups is 2. The van der Waals surface area contributed by atoms with Gasteiger partial charge in [0.15, 0.2) is 10.8 Å². The Morgan fingerprint density at radius 3 is 2.97 bits per heavy atom. The molecule has 1 saturated heterocycles. The lowest BCUT2D eigenvalue weighted by atomic mass is 10.0. The van der Waals surface area contributed by atoms with E-state index in [1.54, 1.807) is 12.3 Å². The first kappa shape index (κ1) is 23.1. The van der Waals surface area contributed by atoms with Crippen LogP contribution >= 0.6 is 34.9 Å². The second kappa shape index (κ2) is 9.80. The van der Waals surface area contributed by atoms with Gasteiger partial charge < -0.3 is 21.0 Å². The number of nitrogens with one attached hydrogen (secondary N) is 2. The van der Waals surface area contributed by atoms with Crippen LogP contribution in [-0.4, -0.2) is 83.4 Å². The highest BCUT2D eigenvalue weighted by molar-refractivity contribution is 8.01. The molecule has 2 aromatic heterocycles. The van der Waals surface area contributed by atoms with Gasteiger partial charge in [0, 0.05) is 16.9 Å². The third-order valence-electron chi connectivity index (χ3n) is 4.60. The van der Waals surface area contributed by atoms with E-state index in [4.69, 9.17) is 10.6 Å². The predicted octanol–water partition coefficient (Wildman–Crippen LogP) is 0.115. The van der Waals surface area contributed by atoms with Crippen molar-refractivity contribution >= 4 is 63.5 Å². The molecule has 13 nitrogen and oxygen atoms in total. The lowest BCUT2D eigenvalue weighted by Gasteiger charge is -2.49. The Morgan fingerprint density at radius 1 is 1.52 bits per heavy atom. The largest absolute Gasteiger partial charge is 0.477 e. The molecular weight excluding hydrogens is 492 g/mol. The van der Waals surface area contributed by atoms with Crippen LogP contribution in [0.1, 0.15) is 12.6 Å². The number of aliphatic carboxylic acids is 1. The van der Waals surface area contributed by atoms with Crippen molar-refractivity contribution in [3.05, 3.63) is 28.5 Å². The number of nitrogen functional groups attached to an aromatic ring is 1. The Bertz CT molecular complexity index is 1130. The standard InChI is InChI=1S/C17H18N8O5S3/c1-2-30-23-10(8-6-33-17(18)20-8)13(26)21-11-14(27)25-12(16(28)29)7(5-32-15(11)25)4-31-9-3-19-24-22-9/h3,6,11,15H,2,4-5H2,1H3,(H2,18,20)(H,21,26)(H,28,29)(H,19,22,24)/b23-10-/t11?,15-/m1/s1. The molecule has 174 valence electrons. The highest BCUT2D eigenvalue weighted by Crippen LogP contribution is 2.41. The van der Waals surface area contributed by atoms with E-state index in [-0.39, 0.29) is 28.8 Å². The monoisotopic (exact) mass is 510 g/mol. The fraction of sp³-hybridized carbons (Fsp3) is 0.353. The number of thiazole rings is 1. The number of amides is 2. The van der Waals surface area contributed by atoms with Gasteiger partial charge in [0.25, 0.3) is 11.8 Å². The normalized spacial score (nSPS) is 20.3. The van der Waals surface area contributed by atoms with Crippen LogP contribution in [0.2, 0.25) is 0 Å². The van der Waals surface area contributed by atoms with Crippen LogP contribution in [0, 0.1) is 0 Å². The molecule has 2 aliphatic rings. The molecule has 0 radical (unpaired) electrons. The number of β-lactam (4-membered cyclic amide) rings is 1. The van der Waals surface area contributed by atoms with Crippen LogP contribution in [0.25, 0.3) is 0 Å². The number of anilines is 1. The maximum atomic E-state index is 12.9. The molecule has 0 aliphatic carbocycles. The van der Waals surface area contributed by atoms with Crippen molar-refractivity contribution in [1.29, 1.82) is 0 Å². The third-order valence-corrected chi connectivity index (χ3v) is 7.61. The lowest BCUT2D eigenvalue weighted by molar-refractivity contribution is -0.150. The Balaban J connectivity index is 1.49. The number of hydrogen-bond acceptors (Lipinski definition) is 12. The molecule has 0 saturated carbocycles. The van der Waals surface area contributed by atoms with E-state index in [0.717, 1.165) is 11.3 Å². The maximum Gasteiger partial charge on any atom is 0.352 e. The highest BCUT2D eigenvalue weighted by atomic mass is 32.2. The minimum atomic E-state index is -1.20. The molecule has 2 aliphatic heterocycles. The average molecular weight is 511 g/mol. The van der Waals surface area contributed by atoms with Gasteiger partial charge in [-0.1, -0.05) is 10.4 Å². The quantitative estimate of drug-likeness (QED) is 0.155. The van der Waals surface area contributed by atoms with Crippen molar-refractivity contribution in [1.82, 2.24) is 30.6 Å². The number of fused-ring (bicyclic) bond motifs is 1. The van der Waals surface area contributed by atoms with Gasteiger partial charge in [-0.2, -0.15) is 0 Å². The van der Waals surface area contributed by atoms with Gasteiger partial charge in [-0.3, -0.25) is 19.6 Å². The summed E-state index contributed by atoms with van der Waals surface area (Å²) in [6, 6.07) is -0.911. The molecule has 2 amide bonds. The molecule has 0 aromatic carbocycles. The number of nitrogens with two attached hydrogens (primary N) is 1. The van der Waals surface area contributed by atoms with E-state index in [1.165, 1.54) is 34.6 Å². The number of carbonyl (C=O) groups excluding carboxylic acids is 2. The number of aromatic nitrogens is 4. The predicted molar refractivity (Wildman–Crippen MR) is 121 cm³/mol. The van der Waals surface area contributed by atoms with Gasteiger partial charge in [-0.15, -0.1) is 40.0 Å². The van der Waals surface area contributed by atoms with Crippen molar-refractivity contribution in [3.63, 3.8) is 0 Å². The summed E-state index contributed by atoms with van der Waals surface area (Å²) in [6.45, 7) is 1.94. The minimum absolute atomic E-state index is 0.0651. The maximum absolute atomic E-state index is 12.9. The number of rotatable bonds is 9. The van der Waals surface area contributed by atoms with E-state index in [2.05, 4.69) is 30.9 Å². The number of H-pyrrole nitrogens is 1. The number of oxime groups is 1. The average Bonchev–Trinajstić information content (AvgIpc) is 3.47. The van der Waals surface area contributed by atoms with E-state index >= 15 is 0 Å². The molecule has 1 fully saturated rings. The zero-order valence-corrected chi connectivity index (χ0v) is 19.5. The molecule has 5 N–H and O–H groups in total.